The van der Waals surface area contributed by atoms with E-state index in [0.717, 1.165) is 75.3 Å². The zero-order chi connectivity index (χ0) is 39.2. The maximum Gasteiger partial charge on any atom is 0.297 e. The Kier molecular flexibility index (Phi) is 13.1. The van der Waals surface area contributed by atoms with E-state index < -0.39 is 10.1 Å². The van der Waals surface area contributed by atoms with E-state index in [1.54, 1.807) is 38.5 Å². The molecule has 6 atom stereocenters. The number of aromatic nitrogens is 2. The van der Waals surface area contributed by atoms with Gasteiger partial charge in [0.1, 0.15) is 11.5 Å². The van der Waals surface area contributed by atoms with Gasteiger partial charge in [-0.05, 0) is 98.3 Å². The normalized spacial score (nSPS) is 24.8. The predicted octanol–water partition coefficient (Wildman–Crippen LogP) is 5.89. The summed E-state index contributed by atoms with van der Waals surface area (Å²) in [5, 5.41) is 4.35. The van der Waals surface area contributed by atoms with Crippen molar-refractivity contribution < 1.29 is 31.5 Å². The zero-order valence-corrected chi connectivity index (χ0v) is 34.3. The Morgan fingerprint density at radius 2 is 1.29 bits per heavy atom. The molecule has 1 unspecified atom stereocenters. The molecular formula is C44H58N4O7S. The molecule has 0 N–H and O–H groups in total. The van der Waals surface area contributed by atoms with E-state index in [-0.39, 0.29) is 42.0 Å². The van der Waals surface area contributed by atoms with Gasteiger partial charge < -0.3 is 18.9 Å². The van der Waals surface area contributed by atoms with Gasteiger partial charge in [-0.2, -0.15) is 13.5 Å². The Bertz CT molecular complexity index is 1990. The molecule has 0 radical (unpaired) electrons. The molecule has 3 heterocycles. The summed E-state index contributed by atoms with van der Waals surface area (Å²) in [7, 11) is -0.362. The van der Waals surface area contributed by atoms with Crippen LogP contribution in [0, 0.1) is 6.92 Å². The molecule has 4 aromatic rings. The molecule has 302 valence electrons. The number of hydrogen-bond donors (Lipinski definition) is 0. The molecule has 2 fully saturated rings. The quantitative estimate of drug-likeness (QED) is 0.162. The molecule has 0 bridgehead atoms. The highest BCUT2D eigenvalue weighted by Gasteiger charge is 2.42. The number of nitrogens with zero attached hydrogens (tertiary/aromatic N) is 4. The van der Waals surface area contributed by atoms with Gasteiger partial charge >= 0.3 is 0 Å². The molecule has 3 aromatic carbocycles. The maximum atomic E-state index is 12.6. The van der Waals surface area contributed by atoms with Gasteiger partial charge in [-0.3, -0.25) is 18.7 Å². The van der Waals surface area contributed by atoms with Crippen LogP contribution < -0.4 is 9.47 Å². The summed E-state index contributed by atoms with van der Waals surface area (Å²) in [4.78, 5) is 5.24. The molecule has 2 aliphatic heterocycles. The number of rotatable bonds is 12. The van der Waals surface area contributed by atoms with Crippen LogP contribution in [0.1, 0.15) is 54.5 Å². The minimum absolute atomic E-state index is 0.0123. The molecule has 0 spiro atoms. The Morgan fingerprint density at radius 3 is 1.80 bits per heavy atom. The summed E-state index contributed by atoms with van der Waals surface area (Å²) in [6, 6.07) is 22.0. The fraction of sp³-hybridized carbons (Fsp3) is 0.523. The van der Waals surface area contributed by atoms with Crippen molar-refractivity contribution in [1.82, 2.24) is 19.6 Å². The fourth-order valence-corrected chi connectivity index (χ4v) is 9.99. The van der Waals surface area contributed by atoms with Crippen LogP contribution in [-0.2, 0) is 56.0 Å². The minimum Gasteiger partial charge on any atom is -0.496 e. The summed E-state index contributed by atoms with van der Waals surface area (Å²) in [6.07, 6.45) is 9.78. The van der Waals surface area contributed by atoms with Crippen LogP contribution in [0.3, 0.4) is 0 Å². The van der Waals surface area contributed by atoms with Gasteiger partial charge in [-0.15, -0.1) is 0 Å². The molecule has 11 nitrogen and oxygen atoms in total. The van der Waals surface area contributed by atoms with E-state index in [9.17, 15) is 8.42 Å². The molecule has 1 aromatic heterocycles. The molecule has 2 aliphatic carbocycles. The Hall–Kier alpha value is -3.78. The Labute approximate surface area is 333 Å². The summed E-state index contributed by atoms with van der Waals surface area (Å²) < 4.78 is 56.7. The van der Waals surface area contributed by atoms with Gasteiger partial charge in [-0.1, -0.05) is 55.8 Å². The standard InChI is InChI=1S/C24H31NO5S.C20H27N3O2/c1-4-12-25-15-19(16-29-31(26,27)20-10-8-17(2)9-11-20)30-24-14-21-18(13-22(24)25)6-5-7-23(21)28-3;1-3-9-22-13-16(14-23-10-5-8-21-23)25-20-12-17-15(11-18(20)22)6-4-7-19(17)24-2/h5-11,19,22,24H,4,12-16H2,1-3H3;4-8,10,16,18,20H,3,9,11-14H2,1-2H3/t19-,22-,24-;16-,18?,20-/m00/s1. The summed E-state index contributed by atoms with van der Waals surface area (Å²) in [5.74, 6) is 1.89. The van der Waals surface area contributed by atoms with Gasteiger partial charge in [-0.25, -0.2) is 0 Å². The number of fused-ring (bicyclic) bond motifs is 4. The SMILES string of the molecule is CCCN1C[C@@H](COS(=O)(=O)c2ccc(C)cc2)O[C@H]2Cc3c(cccc3OC)C[C@@H]21.CCCN1C[C@@H](Cn2cccn2)O[C@H]2Cc3c(cccc3OC)CC21. The second-order valence-electron chi connectivity index (χ2n) is 15.5. The summed E-state index contributed by atoms with van der Waals surface area (Å²) in [6.45, 7) is 10.9. The van der Waals surface area contributed by atoms with Crippen molar-refractivity contribution in [2.24, 2.45) is 0 Å². The van der Waals surface area contributed by atoms with Crippen molar-refractivity contribution in [2.75, 3.05) is 47.0 Å². The van der Waals surface area contributed by atoms with E-state index >= 15 is 0 Å². The van der Waals surface area contributed by atoms with E-state index in [1.165, 1.54) is 28.7 Å². The number of hydrogen-bond acceptors (Lipinski definition) is 10. The van der Waals surface area contributed by atoms with E-state index in [0.29, 0.717) is 12.6 Å². The van der Waals surface area contributed by atoms with Gasteiger partial charge in [0.05, 0.1) is 56.7 Å². The largest absolute Gasteiger partial charge is 0.496 e. The lowest BCUT2D eigenvalue weighted by Crippen LogP contribution is -2.59. The number of methoxy groups -OCH3 is 2. The molecule has 56 heavy (non-hydrogen) atoms. The summed E-state index contributed by atoms with van der Waals surface area (Å²) in [5.41, 5.74) is 6.24. The lowest BCUT2D eigenvalue weighted by atomic mass is 9.83. The lowest BCUT2D eigenvalue weighted by Gasteiger charge is -2.47. The Balaban J connectivity index is 0.000000175. The van der Waals surface area contributed by atoms with E-state index in [4.69, 9.17) is 23.1 Å². The molecular weight excluding hydrogens is 729 g/mol. The van der Waals surface area contributed by atoms with Crippen molar-refractivity contribution in [3.8, 4) is 11.5 Å². The van der Waals surface area contributed by atoms with Crippen molar-refractivity contribution in [1.29, 1.82) is 0 Å². The predicted molar refractivity (Wildman–Crippen MR) is 216 cm³/mol. The van der Waals surface area contributed by atoms with Crippen LogP contribution in [-0.4, -0.2) is 112 Å². The maximum absolute atomic E-state index is 12.6. The molecule has 2 saturated heterocycles. The molecule has 8 rings (SSSR count). The number of aryl methyl sites for hydroxylation is 1. The first kappa shape index (κ1) is 40.4. The van der Waals surface area contributed by atoms with Crippen LogP contribution >= 0.6 is 0 Å². The van der Waals surface area contributed by atoms with E-state index in [1.807, 2.05) is 42.2 Å². The van der Waals surface area contributed by atoms with E-state index in [2.05, 4.69) is 53.0 Å². The van der Waals surface area contributed by atoms with Gasteiger partial charge in [0.2, 0.25) is 0 Å². The fourth-order valence-electron chi connectivity index (χ4n) is 9.06. The molecule has 4 aliphatic rings. The van der Waals surface area contributed by atoms with Crippen LogP contribution in [0.15, 0.2) is 84.0 Å². The van der Waals surface area contributed by atoms with Crippen molar-refractivity contribution in [2.45, 2.75) is 107 Å². The third-order valence-corrected chi connectivity index (χ3v) is 13.0. The first-order valence-corrected chi connectivity index (χ1v) is 21.6. The number of benzene rings is 3. The molecule has 0 amide bonds. The Morgan fingerprint density at radius 1 is 0.732 bits per heavy atom. The van der Waals surface area contributed by atoms with Crippen molar-refractivity contribution in [3.63, 3.8) is 0 Å². The topological polar surface area (TPSA) is 105 Å². The van der Waals surface area contributed by atoms with Crippen molar-refractivity contribution >= 4 is 10.1 Å². The van der Waals surface area contributed by atoms with Crippen LogP contribution in [0.5, 0.6) is 11.5 Å². The van der Waals surface area contributed by atoms with Gasteiger partial charge in [0.15, 0.2) is 0 Å². The highest BCUT2D eigenvalue weighted by atomic mass is 32.2. The number of morpholine rings is 2. The first-order chi connectivity index (χ1) is 27.2. The summed E-state index contributed by atoms with van der Waals surface area (Å²) >= 11 is 0. The van der Waals surface area contributed by atoms with Gasteiger partial charge in [0.25, 0.3) is 10.1 Å². The second-order valence-corrected chi connectivity index (χ2v) is 17.1. The third-order valence-electron chi connectivity index (χ3n) is 11.7. The highest BCUT2D eigenvalue weighted by molar-refractivity contribution is 7.86. The minimum atomic E-state index is -3.81. The first-order valence-electron chi connectivity index (χ1n) is 20.2. The van der Waals surface area contributed by atoms with Crippen molar-refractivity contribution in [3.05, 3.63) is 107 Å². The number of ether oxygens (including phenoxy) is 4. The monoisotopic (exact) mass is 786 g/mol. The zero-order valence-electron chi connectivity index (χ0n) is 33.5. The highest BCUT2D eigenvalue weighted by Crippen LogP contribution is 2.37. The van der Waals surface area contributed by atoms with Crippen LogP contribution in [0.25, 0.3) is 0 Å². The van der Waals surface area contributed by atoms with Gasteiger partial charge in [0, 0.05) is 50.4 Å². The lowest BCUT2D eigenvalue weighted by molar-refractivity contribution is -0.132. The smallest absolute Gasteiger partial charge is 0.297 e. The second kappa shape index (κ2) is 18.2. The molecule has 0 saturated carbocycles. The average molecular weight is 787 g/mol. The molecule has 12 heteroatoms. The van der Waals surface area contributed by atoms with Crippen LogP contribution in [0.2, 0.25) is 0 Å². The van der Waals surface area contributed by atoms with Crippen LogP contribution in [0.4, 0.5) is 0 Å². The average Bonchev–Trinajstić information content (AvgIpc) is 3.72. The third kappa shape index (κ3) is 9.16.